The minimum atomic E-state index is -0.658. The lowest BCUT2D eigenvalue weighted by molar-refractivity contribution is -0.384. The molecule has 0 aliphatic rings. The van der Waals surface area contributed by atoms with Crippen molar-refractivity contribution in [1.82, 2.24) is 0 Å². The van der Waals surface area contributed by atoms with E-state index in [1.807, 2.05) is 6.07 Å². The van der Waals surface area contributed by atoms with E-state index in [1.54, 1.807) is 48.5 Å². The van der Waals surface area contributed by atoms with Crippen molar-refractivity contribution in [3.05, 3.63) is 93.5 Å². The van der Waals surface area contributed by atoms with Gasteiger partial charge >= 0.3 is 6.03 Å². The van der Waals surface area contributed by atoms with Crippen molar-refractivity contribution in [3.8, 4) is 0 Å². The summed E-state index contributed by atoms with van der Waals surface area (Å²) in [6.07, 6.45) is 0. The molecule has 3 aromatic rings. The van der Waals surface area contributed by atoms with Gasteiger partial charge in [-0.1, -0.05) is 35.9 Å². The summed E-state index contributed by atoms with van der Waals surface area (Å²) in [5, 5.41) is 18.9. The molecule has 0 unspecified atom stereocenters. The highest BCUT2D eigenvalue weighted by Crippen LogP contribution is 2.25. The molecule has 3 aromatic carbocycles. The van der Waals surface area contributed by atoms with E-state index < -0.39 is 16.9 Å². The first-order valence-electron chi connectivity index (χ1n) is 8.41. The Bertz CT molecular complexity index is 1070. The highest BCUT2D eigenvalue weighted by atomic mass is 35.5. The van der Waals surface area contributed by atoms with E-state index in [2.05, 4.69) is 16.0 Å². The standard InChI is InChI=1S/C20H15ClN4O4/c21-17-10-9-13(11-18(17)25(28)29)19(26)22-15-7-4-8-16(12-15)24-20(27)23-14-5-2-1-3-6-14/h1-12H,(H,22,26)(H2,23,24,27). The molecule has 0 aromatic heterocycles. The van der Waals surface area contributed by atoms with Gasteiger partial charge < -0.3 is 16.0 Å². The van der Waals surface area contributed by atoms with Crippen molar-refractivity contribution in [2.45, 2.75) is 0 Å². The van der Waals surface area contributed by atoms with E-state index in [0.717, 1.165) is 6.07 Å². The molecule has 0 fully saturated rings. The van der Waals surface area contributed by atoms with Gasteiger partial charge in [-0.25, -0.2) is 4.79 Å². The third-order valence-corrected chi connectivity index (χ3v) is 4.13. The number of rotatable bonds is 5. The number of halogens is 1. The van der Waals surface area contributed by atoms with Crippen LogP contribution in [0.1, 0.15) is 10.4 Å². The van der Waals surface area contributed by atoms with Crippen LogP contribution in [0.25, 0.3) is 0 Å². The van der Waals surface area contributed by atoms with Gasteiger partial charge in [0.05, 0.1) is 4.92 Å². The van der Waals surface area contributed by atoms with Gasteiger partial charge in [0, 0.05) is 28.7 Å². The maximum Gasteiger partial charge on any atom is 0.323 e. The second-order valence-electron chi connectivity index (χ2n) is 5.90. The topological polar surface area (TPSA) is 113 Å². The fourth-order valence-corrected chi connectivity index (χ4v) is 2.67. The number of carbonyl (C=O) groups is 2. The van der Waals surface area contributed by atoms with Crippen LogP contribution in [0.3, 0.4) is 0 Å². The fraction of sp³-hybridized carbons (Fsp3) is 0. The zero-order valence-corrected chi connectivity index (χ0v) is 15.6. The Morgan fingerprint density at radius 2 is 1.41 bits per heavy atom. The van der Waals surface area contributed by atoms with E-state index in [1.165, 1.54) is 12.1 Å². The van der Waals surface area contributed by atoms with Crippen LogP contribution in [0.15, 0.2) is 72.8 Å². The lowest BCUT2D eigenvalue weighted by Crippen LogP contribution is -2.19. The molecule has 0 saturated carbocycles. The number of hydrogen-bond donors (Lipinski definition) is 3. The first-order valence-corrected chi connectivity index (χ1v) is 8.78. The lowest BCUT2D eigenvalue weighted by atomic mass is 10.2. The third kappa shape index (κ3) is 5.30. The monoisotopic (exact) mass is 410 g/mol. The minimum Gasteiger partial charge on any atom is -0.322 e. The molecule has 0 aliphatic heterocycles. The van der Waals surface area contributed by atoms with Crippen molar-refractivity contribution in [2.75, 3.05) is 16.0 Å². The number of urea groups is 1. The molecule has 8 nitrogen and oxygen atoms in total. The average molecular weight is 411 g/mol. The van der Waals surface area contributed by atoms with Gasteiger partial charge in [-0.05, 0) is 42.5 Å². The molecule has 0 aliphatic carbocycles. The molecule has 9 heteroatoms. The number of nitrogens with one attached hydrogen (secondary N) is 3. The van der Waals surface area contributed by atoms with Crippen molar-refractivity contribution in [1.29, 1.82) is 0 Å². The normalized spacial score (nSPS) is 10.1. The molecule has 0 saturated heterocycles. The van der Waals surface area contributed by atoms with Gasteiger partial charge in [0.15, 0.2) is 0 Å². The van der Waals surface area contributed by atoms with Gasteiger partial charge in [0.1, 0.15) is 5.02 Å². The SMILES string of the molecule is O=C(Nc1ccccc1)Nc1cccc(NC(=O)c2ccc(Cl)c([N+](=O)[O-])c2)c1. The van der Waals surface area contributed by atoms with Crippen LogP contribution in [-0.2, 0) is 0 Å². The van der Waals surface area contributed by atoms with Crippen molar-refractivity contribution >= 4 is 46.3 Å². The van der Waals surface area contributed by atoms with E-state index in [9.17, 15) is 19.7 Å². The molecule has 3 N–H and O–H groups in total. The second-order valence-corrected chi connectivity index (χ2v) is 6.31. The number of nitro groups is 1. The van der Waals surface area contributed by atoms with Crippen LogP contribution in [0.4, 0.5) is 27.5 Å². The molecule has 0 bridgehead atoms. The van der Waals surface area contributed by atoms with Crippen LogP contribution in [-0.4, -0.2) is 16.9 Å². The Balaban J connectivity index is 1.68. The predicted molar refractivity (Wildman–Crippen MR) is 112 cm³/mol. The zero-order chi connectivity index (χ0) is 20.8. The molecule has 0 spiro atoms. The summed E-state index contributed by atoms with van der Waals surface area (Å²) in [6, 6.07) is 18.8. The minimum absolute atomic E-state index is 0.0535. The van der Waals surface area contributed by atoms with Crippen LogP contribution >= 0.6 is 11.6 Å². The summed E-state index contributed by atoms with van der Waals surface area (Å²) in [7, 11) is 0. The zero-order valence-electron chi connectivity index (χ0n) is 14.9. The lowest BCUT2D eigenvalue weighted by Gasteiger charge is -2.10. The number of amides is 3. The van der Waals surface area contributed by atoms with Crippen LogP contribution < -0.4 is 16.0 Å². The summed E-state index contributed by atoms with van der Waals surface area (Å²) in [5.41, 5.74) is 1.23. The maximum absolute atomic E-state index is 12.4. The fourth-order valence-electron chi connectivity index (χ4n) is 2.49. The number of nitrogens with zero attached hydrogens (tertiary/aromatic N) is 1. The second kappa shape index (κ2) is 8.85. The Hall–Kier alpha value is -3.91. The number of carbonyl (C=O) groups excluding carboxylic acids is 2. The smallest absolute Gasteiger partial charge is 0.322 e. The van der Waals surface area contributed by atoms with Crippen molar-refractivity contribution in [3.63, 3.8) is 0 Å². The van der Waals surface area contributed by atoms with Crippen LogP contribution in [0, 0.1) is 10.1 Å². The molecule has 146 valence electrons. The summed E-state index contributed by atoms with van der Waals surface area (Å²) < 4.78 is 0. The number of benzene rings is 3. The first kappa shape index (κ1) is 19.8. The summed E-state index contributed by atoms with van der Waals surface area (Å²) in [4.78, 5) is 34.8. The van der Waals surface area contributed by atoms with E-state index in [0.29, 0.717) is 17.1 Å². The summed E-state index contributed by atoms with van der Waals surface area (Å²) in [6.45, 7) is 0. The van der Waals surface area contributed by atoms with Gasteiger partial charge in [0.25, 0.3) is 11.6 Å². The number of nitro benzene ring substituents is 1. The molecule has 3 rings (SSSR count). The number of para-hydroxylation sites is 1. The Kier molecular flexibility index (Phi) is 6.06. The van der Waals surface area contributed by atoms with E-state index in [-0.39, 0.29) is 16.3 Å². The van der Waals surface area contributed by atoms with E-state index >= 15 is 0 Å². The molecule has 0 radical (unpaired) electrons. The van der Waals surface area contributed by atoms with Crippen LogP contribution in [0.5, 0.6) is 0 Å². The highest BCUT2D eigenvalue weighted by molar-refractivity contribution is 6.32. The van der Waals surface area contributed by atoms with Gasteiger partial charge in [0.2, 0.25) is 0 Å². The highest BCUT2D eigenvalue weighted by Gasteiger charge is 2.16. The van der Waals surface area contributed by atoms with Crippen molar-refractivity contribution < 1.29 is 14.5 Å². The largest absolute Gasteiger partial charge is 0.323 e. The van der Waals surface area contributed by atoms with Gasteiger partial charge in [-0.3, -0.25) is 14.9 Å². The number of hydrogen-bond acceptors (Lipinski definition) is 4. The molecule has 0 atom stereocenters. The first-order chi connectivity index (χ1) is 13.9. The molecular weight excluding hydrogens is 396 g/mol. The predicted octanol–water partition coefficient (Wildman–Crippen LogP) is 5.14. The quantitative estimate of drug-likeness (QED) is 0.399. The van der Waals surface area contributed by atoms with Crippen molar-refractivity contribution in [2.24, 2.45) is 0 Å². The maximum atomic E-state index is 12.4. The van der Waals surface area contributed by atoms with Crippen LogP contribution in [0.2, 0.25) is 5.02 Å². The van der Waals surface area contributed by atoms with Gasteiger partial charge in [-0.2, -0.15) is 0 Å². The van der Waals surface area contributed by atoms with Gasteiger partial charge in [-0.15, -0.1) is 0 Å². The Morgan fingerprint density at radius 3 is 2.10 bits per heavy atom. The number of anilines is 3. The Morgan fingerprint density at radius 1 is 0.793 bits per heavy atom. The molecular formula is C20H15ClN4O4. The Labute approximate surface area is 170 Å². The molecule has 3 amide bonds. The summed E-state index contributed by atoms with van der Waals surface area (Å²) >= 11 is 5.76. The van der Waals surface area contributed by atoms with E-state index in [4.69, 9.17) is 11.6 Å². The third-order valence-electron chi connectivity index (χ3n) is 3.81. The average Bonchev–Trinajstić information content (AvgIpc) is 2.69. The summed E-state index contributed by atoms with van der Waals surface area (Å²) in [5.74, 6) is -0.546. The molecule has 29 heavy (non-hydrogen) atoms. The molecule has 0 heterocycles.